The minimum Gasteiger partial charge on any atom is -0.486 e. The second-order valence-corrected chi connectivity index (χ2v) is 12.7. The van der Waals surface area contributed by atoms with Gasteiger partial charge in [-0.2, -0.15) is 8.42 Å². The molecule has 1 saturated heterocycles. The molecule has 1 N–H and O–H groups in total. The van der Waals surface area contributed by atoms with Crippen LogP contribution in [0.2, 0.25) is 0 Å². The SMILES string of the molecule is Cc1ccc(S(=O)(=O)/N=c2\o[n-][n+](C)c2CN2C(=S)N(c3ccccc3)C(=O)C2CC(=O)Nc2ccc(I)cc2)cc1. The number of hydrogen-bond donors (Lipinski definition) is 1. The second kappa shape index (κ2) is 12.1. The molecule has 1 aromatic heterocycles. The molecule has 0 spiro atoms. The summed E-state index contributed by atoms with van der Waals surface area (Å²) in [5.74, 6) is -0.785. The van der Waals surface area contributed by atoms with E-state index in [2.05, 4.69) is 37.6 Å². The summed E-state index contributed by atoms with van der Waals surface area (Å²) in [6.45, 7) is 1.75. The van der Waals surface area contributed by atoms with Crippen molar-refractivity contribution in [2.45, 2.75) is 30.8 Å². The van der Waals surface area contributed by atoms with Gasteiger partial charge in [-0.15, -0.1) is 4.40 Å². The highest BCUT2D eigenvalue weighted by molar-refractivity contribution is 14.1. The molecule has 0 saturated carbocycles. The van der Waals surface area contributed by atoms with Crippen molar-refractivity contribution < 1.29 is 27.2 Å². The summed E-state index contributed by atoms with van der Waals surface area (Å²) in [7, 11) is -2.58. The zero-order chi connectivity index (χ0) is 30.0. The van der Waals surface area contributed by atoms with Gasteiger partial charge in [-0.05, 0) is 90.3 Å². The van der Waals surface area contributed by atoms with Gasteiger partial charge in [0.05, 0.1) is 17.0 Å². The number of nitrogens with zero attached hydrogens (tertiary/aromatic N) is 5. The normalized spacial score (nSPS) is 15.9. The van der Waals surface area contributed by atoms with Crippen LogP contribution in [0.15, 0.2) is 92.7 Å². The molecule has 1 unspecified atom stereocenters. The number of benzene rings is 3. The van der Waals surface area contributed by atoms with Crippen molar-refractivity contribution in [3.63, 3.8) is 0 Å². The van der Waals surface area contributed by atoms with Crippen LogP contribution in [0.1, 0.15) is 17.7 Å². The fourth-order valence-corrected chi connectivity index (χ4v) is 6.05. The van der Waals surface area contributed by atoms with Gasteiger partial charge in [0.15, 0.2) is 5.11 Å². The van der Waals surface area contributed by atoms with Gasteiger partial charge in [0.2, 0.25) is 5.91 Å². The highest BCUT2D eigenvalue weighted by Gasteiger charge is 2.45. The molecule has 1 atom stereocenters. The molecular formula is C28H25IN6O5S2. The van der Waals surface area contributed by atoms with E-state index in [9.17, 15) is 18.0 Å². The lowest BCUT2D eigenvalue weighted by Crippen LogP contribution is -2.45. The lowest BCUT2D eigenvalue weighted by Gasteiger charge is -2.22. The summed E-state index contributed by atoms with van der Waals surface area (Å²) in [5, 5.41) is 6.83. The quantitative estimate of drug-likeness (QED) is 0.168. The Morgan fingerprint density at radius 2 is 1.76 bits per heavy atom. The molecule has 11 nitrogen and oxygen atoms in total. The van der Waals surface area contributed by atoms with Gasteiger partial charge < -0.3 is 14.7 Å². The highest BCUT2D eigenvalue weighted by atomic mass is 127. The predicted molar refractivity (Wildman–Crippen MR) is 165 cm³/mol. The van der Waals surface area contributed by atoms with Gasteiger partial charge in [-0.3, -0.25) is 19.8 Å². The molecule has 216 valence electrons. The molecule has 0 radical (unpaired) electrons. The van der Waals surface area contributed by atoms with Crippen molar-refractivity contribution in [3.05, 3.63) is 99.2 Å². The molecule has 0 bridgehead atoms. The van der Waals surface area contributed by atoms with Crippen molar-refractivity contribution in [1.29, 1.82) is 0 Å². The fraction of sp³-hybridized carbons (Fsp3) is 0.179. The Kier molecular flexibility index (Phi) is 8.56. The maximum atomic E-state index is 13.7. The van der Waals surface area contributed by atoms with Crippen LogP contribution in [0.4, 0.5) is 11.4 Å². The standard InChI is InChI=1S/C28H25IN6O5S2/c1-18-8-14-22(15-9-18)42(38,39)31-26-24(33(2)32-40-26)17-34-23(16-25(36)30-20-12-10-19(29)11-13-20)27(37)35(28(34)41)21-6-4-3-5-7-21/h3-15,23H,16-17H2,1-2H3,(H,30,36)/b31-26-. The molecule has 14 heteroatoms. The van der Waals surface area contributed by atoms with Crippen molar-refractivity contribution >= 4 is 73.1 Å². The third-order valence-corrected chi connectivity index (χ3v) is 8.98. The number of nitrogens with one attached hydrogen (secondary N) is 1. The molecule has 1 aliphatic rings. The van der Waals surface area contributed by atoms with E-state index in [0.717, 1.165) is 9.13 Å². The van der Waals surface area contributed by atoms with Crippen LogP contribution in [0.5, 0.6) is 0 Å². The Morgan fingerprint density at radius 3 is 2.43 bits per heavy atom. The number of sulfonamides is 1. The number of thiocarbonyl (C=S) groups is 1. The van der Waals surface area contributed by atoms with Crippen LogP contribution in [0, 0.1) is 10.5 Å². The van der Waals surface area contributed by atoms with Gasteiger partial charge in [0.25, 0.3) is 27.2 Å². The minimum absolute atomic E-state index is 0.00891. The Labute approximate surface area is 261 Å². The van der Waals surface area contributed by atoms with E-state index >= 15 is 0 Å². The van der Waals surface area contributed by atoms with Crippen LogP contribution in [-0.4, -0.2) is 36.3 Å². The van der Waals surface area contributed by atoms with E-state index in [1.807, 2.05) is 25.1 Å². The molecule has 2 heterocycles. The first-order chi connectivity index (χ1) is 20.0. The summed E-state index contributed by atoms with van der Waals surface area (Å²) in [6.07, 6.45) is -0.211. The van der Waals surface area contributed by atoms with Crippen LogP contribution in [0.3, 0.4) is 0 Å². The Morgan fingerprint density at radius 1 is 1.10 bits per heavy atom. The van der Waals surface area contributed by atoms with Gasteiger partial charge in [0, 0.05) is 9.26 Å². The number of rotatable bonds is 8. The zero-order valence-electron chi connectivity index (χ0n) is 22.5. The third kappa shape index (κ3) is 6.29. The Hall–Kier alpha value is -3.89. The molecule has 42 heavy (non-hydrogen) atoms. The second-order valence-electron chi connectivity index (χ2n) is 9.52. The monoisotopic (exact) mass is 716 g/mol. The number of anilines is 2. The smallest absolute Gasteiger partial charge is 0.289 e. The average Bonchev–Trinajstić information content (AvgIpc) is 3.41. The number of carbonyl (C=O) groups is 2. The van der Waals surface area contributed by atoms with Crippen LogP contribution < -0.4 is 25.7 Å². The number of para-hydroxylation sites is 1. The van der Waals surface area contributed by atoms with E-state index in [0.29, 0.717) is 11.4 Å². The number of hydrogen-bond acceptors (Lipinski definition) is 6. The molecule has 1 aliphatic heterocycles. The Bertz CT molecular complexity index is 1820. The Balaban J connectivity index is 1.49. The lowest BCUT2D eigenvalue weighted by molar-refractivity contribution is -0.752. The molecule has 1 fully saturated rings. The van der Waals surface area contributed by atoms with E-state index in [1.165, 1.54) is 21.7 Å². The van der Waals surface area contributed by atoms with Crippen LogP contribution in [0.25, 0.3) is 0 Å². The maximum absolute atomic E-state index is 13.7. The van der Waals surface area contributed by atoms with E-state index in [1.54, 1.807) is 60.5 Å². The van der Waals surface area contributed by atoms with Crippen molar-refractivity contribution in [2.24, 2.45) is 11.4 Å². The topological polar surface area (TPSA) is 130 Å². The van der Waals surface area contributed by atoms with Crippen molar-refractivity contribution in [1.82, 2.24) is 10.2 Å². The third-order valence-electron chi connectivity index (χ3n) is 6.57. The minimum atomic E-state index is -4.14. The first-order valence-corrected chi connectivity index (χ1v) is 15.6. The first-order valence-electron chi connectivity index (χ1n) is 12.7. The van der Waals surface area contributed by atoms with Crippen molar-refractivity contribution in [2.75, 3.05) is 10.2 Å². The maximum Gasteiger partial charge on any atom is 0.289 e. The highest BCUT2D eigenvalue weighted by Crippen LogP contribution is 2.28. The van der Waals surface area contributed by atoms with E-state index in [4.69, 9.17) is 16.7 Å². The number of amides is 2. The number of carbonyl (C=O) groups excluding carboxylic acids is 2. The molecule has 2 amide bonds. The first kappa shape index (κ1) is 29.6. The van der Waals surface area contributed by atoms with Crippen LogP contribution in [-0.2, 0) is 33.2 Å². The van der Waals surface area contributed by atoms with Gasteiger partial charge in [0.1, 0.15) is 19.6 Å². The summed E-state index contributed by atoms with van der Waals surface area (Å²) in [5.41, 5.74) is 2.02. The van der Waals surface area contributed by atoms with E-state index in [-0.39, 0.29) is 40.1 Å². The lowest BCUT2D eigenvalue weighted by atomic mass is 10.1. The van der Waals surface area contributed by atoms with Crippen molar-refractivity contribution in [3.8, 4) is 0 Å². The molecule has 0 aliphatic carbocycles. The van der Waals surface area contributed by atoms with Gasteiger partial charge in [-0.25, -0.2) is 4.68 Å². The van der Waals surface area contributed by atoms with Gasteiger partial charge in [-0.1, -0.05) is 35.9 Å². The molecule has 5 rings (SSSR count). The fourth-order valence-electron chi connectivity index (χ4n) is 4.36. The zero-order valence-corrected chi connectivity index (χ0v) is 26.3. The number of aromatic nitrogens is 2. The molecular weight excluding hydrogens is 691 g/mol. The summed E-state index contributed by atoms with van der Waals surface area (Å²) >= 11 is 7.91. The number of halogens is 1. The molecule has 4 aromatic rings. The summed E-state index contributed by atoms with van der Waals surface area (Å²) in [4.78, 5) is 29.8. The van der Waals surface area contributed by atoms with E-state index < -0.39 is 22.0 Å². The largest absolute Gasteiger partial charge is 0.486 e. The van der Waals surface area contributed by atoms with Crippen LogP contribution >= 0.6 is 34.8 Å². The molecule has 3 aromatic carbocycles. The van der Waals surface area contributed by atoms with Gasteiger partial charge >= 0.3 is 0 Å². The average molecular weight is 717 g/mol. The number of aryl methyl sites for hydroxylation is 2. The summed E-state index contributed by atoms with van der Waals surface area (Å²) < 4.78 is 37.6. The summed E-state index contributed by atoms with van der Waals surface area (Å²) in [6, 6.07) is 21.4. The predicted octanol–water partition coefficient (Wildman–Crippen LogP) is 2.80.